The molecular formula is C85H99N23O26P4. The van der Waals surface area contributed by atoms with E-state index in [1.807, 2.05) is 107 Å². The van der Waals surface area contributed by atoms with Crippen LogP contribution in [0.15, 0.2) is 197 Å². The number of imidazole rings is 4. The zero-order valence-electron chi connectivity index (χ0n) is 75.3. The Morgan fingerprint density at radius 1 is 0.449 bits per heavy atom. The second kappa shape index (κ2) is 48.7. The van der Waals surface area contributed by atoms with Gasteiger partial charge in [-0.1, -0.05) is 114 Å². The van der Waals surface area contributed by atoms with Gasteiger partial charge in [-0.05, 0) is 94.1 Å². The summed E-state index contributed by atoms with van der Waals surface area (Å²) < 4.78 is 143. The molecule has 5 atom stereocenters. The van der Waals surface area contributed by atoms with E-state index in [1.54, 1.807) is 80.6 Å². The molecule has 5 unspecified atom stereocenters. The smallest absolute Gasteiger partial charge is 0.433 e. The molecule has 15 rings (SSSR count). The van der Waals surface area contributed by atoms with E-state index < -0.39 is 81.7 Å². The van der Waals surface area contributed by atoms with Gasteiger partial charge < -0.3 is 96.2 Å². The Labute approximate surface area is 783 Å². The van der Waals surface area contributed by atoms with Gasteiger partial charge in [0.1, 0.15) is 85.0 Å². The van der Waals surface area contributed by atoms with E-state index in [-0.39, 0.29) is 169 Å². The van der Waals surface area contributed by atoms with Crippen LogP contribution in [0.1, 0.15) is 76.0 Å². The lowest BCUT2D eigenvalue weighted by Crippen LogP contribution is -2.34. The van der Waals surface area contributed by atoms with Gasteiger partial charge in [-0.2, -0.15) is 19.9 Å². The van der Waals surface area contributed by atoms with E-state index in [9.17, 15) is 52.3 Å². The summed E-state index contributed by atoms with van der Waals surface area (Å²) in [5.74, 6) is 1.50. The number of fused-ring (bicyclic) bond motifs is 4. The number of nitrogens with two attached hydrogens (primary N) is 4. The summed E-state index contributed by atoms with van der Waals surface area (Å²) in [5.41, 5.74) is 28.4. The van der Waals surface area contributed by atoms with Gasteiger partial charge >= 0.3 is 34.6 Å². The average Bonchev–Trinajstić information content (AvgIpc) is 1.68. The maximum Gasteiger partial charge on any atom is 0.433 e. The molecule has 11 aromatic heterocycles. The maximum absolute atomic E-state index is 13.4. The summed E-state index contributed by atoms with van der Waals surface area (Å²) in [7, 11) is -14.7. The van der Waals surface area contributed by atoms with E-state index >= 15 is 0 Å². The van der Waals surface area contributed by atoms with Gasteiger partial charge in [-0.3, -0.25) is 85.9 Å². The first-order chi connectivity index (χ1) is 66.2. The van der Waals surface area contributed by atoms with Gasteiger partial charge in [0, 0.05) is 26.2 Å². The summed E-state index contributed by atoms with van der Waals surface area (Å²) >= 11 is 0. The third kappa shape index (κ3) is 30.3. The zero-order valence-corrected chi connectivity index (χ0v) is 78.9. The largest absolute Gasteiger partial charge is 0.465 e. The van der Waals surface area contributed by atoms with Crippen molar-refractivity contribution in [2.45, 2.75) is 120 Å². The van der Waals surface area contributed by atoms with Crippen molar-refractivity contribution in [1.29, 1.82) is 0 Å². The van der Waals surface area contributed by atoms with Crippen LogP contribution in [0, 0.1) is 44.4 Å². The first-order valence-corrected chi connectivity index (χ1v) is 49.1. The molecular weight excluding hydrogens is 1880 g/mol. The maximum atomic E-state index is 13.4. The quantitative estimate of drug-likeness (QED) is 0.00427. The molecule has 0 saturated carbocycles. The van der Waals surface area contributed by atoms with Gasteiger partial charge in [0.2, 0.25) is 23.8 Å². The molecule has 138 heavy (non-hydrogen) atoms. The molecule has 11 heterocycles. The van der Waals surface area contributed by atoms with Crippen molar-refractivity contribution >= 4 is 116 Å². The molecule has 0 amide bonds. The molecule has 0 aliphatic carbocycles. The van der Waals surface area contributed by atoms with Crippen molar-refractivity contribution in [3.05, 3.63) is 290 Å². The predicted octanol–water partition coefficient (Wildman–Crippen LogP) is 12.0. The Hall–Kier alpha value is -13.9. The first kappa shape index (κ1) is 103. The van der Waals surface area contributed by atoms with Gasteiger partial charge in [0.15, 0.2) is 50.3 Å². The standard InChI is InChI=1S/2C22H26N5O6P.C21H20N7O8P.C20H27N6O6P/c2*1-15-3-6-17(7-4-15)11-31-34(29,32-12-18-8-5-16(2)33-18)14-30-10-9-27-13-24-19-20(27)25-22(23)26-21(19)28;1-23-15-4-2-14(3-5-15)10-34-37(32,35-11-16-6-7-17(36-16)28(30)31)13-33-9-8-27-12-24-18-19(27)25-21(22)26-20(18)29;1-3-31-19(28)14(2)25-33(29,32-11-15-7-5-4-6-8-15)13-30-10-9-26-12-22-16-17(26)23-20(21)24-18(16)27/h2*3-8,13H,9-12,14H2,1-2H3,(H3,23,25,26,28);2-7,12H,8-11,13H2,(H3,22,25,26,29);4-8,12,14H,3,9-11,13H2,1-2H3,(H,25,29)(H3,21,23,24,27). The number of ether oxygens (including phenoxy) is 5. The van der Waals surface area contributed by atoms with Crippen LogP contribution in [0.4, 0.5) is 35.4 Å². The molecule has 0 aliphatic heterocycles. The number of nitrogens with zero attached hydrogens (tertiary/aromatic N) is 14. The molecule has 0 saturated heterocycles. The van der Waals surface area contributed by atoms with Crippen LogP contribution in [0.3, 0.4) is 0 Å². The van der Waals surface area contributed by atoms with Crippen molar-refractivity contribution in [3.63, 3.8) is 0 Å². The fourth-order valence-corrected chi connectivity index (χ4v) is 17.8. The minimum Gasteiger partial charge on any atom is -0.465 e. The van der Waals surface area contributed by atoms with Gasteiger partial charge in [0.05, 0.1) is 97.4 Å². The molecule has 4 aromatic carbocycles. The molecule has 49 nitrogen and oxygen atoms in total. The van der Waals surface area contributed by atoms with Crippen LogP contribution >= 0.6 is 30.3 Å². The lowest BCUT2D eigenvalue weighted by atomic mass is 10.2. The van der Waals surface area contributed by atoms with Crippen LogP contribution in [-0.2, 0) is 151 Å². The number of hydrogen-bond donors (Lipinski definition) is 9. The lowest BCUT2D eigenvalue weighted by Gasteiger charge is -2.23. The Bertz CT molecular complexity index is 6920. The number of anilines is 4. The highest BCUT2D eigenvalue weighted by molar-refractivity contribution is 7.56. The molecule has 53 heteroatoms. The number of aromatic nitrogens is 16. The van der Waals surface area contributed by atoms with Gasteiger partial charge in [0.25, 0.3) is 29.8 Å². The van der Waals surface area contributed by atoms with Gasteiger partial charge in [-0.25, -0.2) is 29.9 Å². The fraction of sp³-hybridized carbons (Fsp3) is 0.318. The third-order valence-corrected chi connectivity index (χ3v) is 25.9. The Morgan fingerprint density at radius 3 is 1.09 bits per heavy atom. The number of hydrogen-bond acceptors (Lipinski definition) is 38. The van der Waals surface area contributed by atoms with Crippen molar-refractivity contribution in [1.82, 2.24) is 83.2 Å². The number of rotatable bonds is 46. The minimum absolute atomic E-state index is 0.00395. The number of nitro groups is 1. The van der Waals surface area contributed by atoms with Crippen LogP contribution in [0.25, 0.3) is 49.5 Å². The van der Waals surface area contributed by atoms with Crippen molar-refractivity contribution < 1.29 is 96.6 Å². The van der Waals surface area contributed by atoms with Crippen LogP contribution < -0.4 is 50.3 Å². The van der Waals surface area contributed by atoms with E-state index in [0.717, 1.165) is 45.4 Å². The Balaban J connectivity index is 0.000000165. The second-order valence-corrected chi connectivity index (χ2v) is 38.3. The van der Waals surface area contributed by atoms with E-state index in [1.165, 1.54) is 31.4 Å². The van der Waals surface area contributed by atoms with E-state index in [0.29, 0.717) is 52.8 Å². The normalized spacial score (nSPS) is 13.4. The molecule has 0 aliphatic rings. The summed E-state index contributed by atoms with van der Waals surface area (Å²) in [5, 5.41) is 13.6. The average molecular weight is 1980 g/mol. The Kier molecular flexibility index (Phi) is 36.4. The topological polar surface area (TPSA) is 653 Å². The molecule has 0 radical (unpaired) electrons. The number of furan rings is 3. The molecule has 0 spiro atoms. The summed E-state index contributed by atoms with van der Waals surface area (Å²) in [6.45, 7) is 19.4. The zero-order chi connectivity index (χ0) is 98.5. The van der Waals surface area contributed by atoms with Crippen molar-refractivity contribution in [2.75, 3.05) is 81.4 Å². The predicted molar refractivity (Wildman–Crippen MR) is 500 cm³/mol. The van der Waals surface area contributed by atoms with Crippen molar-refractivity contribution in [2.24, 2.45) is 0 Å². The number of aromatic amines is 4. The number of benzene rings is 4. The molecule has 0 bridgehead atoms. The summed E-state index contributed by atoms with van der Waals surface area (Å²) in [4.78, 5) is 115. The van der Waals surface area contributed by atoms with Crippen molar-refractivity contribution in [3.8, 4) is 0 Å². The SMILES string of the molecule is CCOC(=O)C(C)NP(=O)(COCCn1cnc2c(=O)[nH]c(N)nc21)OCc1ccccc1.Cc1ccc(COP(=O)(COCCn2cnc3c(=O)[nH]c(N)nc32)OCc2ccc(C)o2)cc1.Cc1ccc(COP(=O)(COCCn2cnc3c(=O)[nH]c(N)nc32)OCc2ccc(C)o2)cc1.[C-]#[N+]c1ccc(COP(=O)(COCCn2cnc3c(=O)[nH]c(N)nc32)OCc2ccc([N+](=O)[O-])o2)cc1. The molecule has 15 aromatic rings. The monoisotopic (exact) mass is 1980 g/mol. The number of carbonyl (C=O) groups excluding carboxylic acids is 1. The van der Waals surface area contributed by atoms with E-state index in [2.05, 4.69) is 69.7 Å². The van der Waals surface area contributed by atoms with Gasteiger partial charge in [-0.15, -0.1) is 0 Å². The number of nitrogens with one attached hydrogen (secondary N) is 5. The minimum atomic E-state index is -3.88. The van der Waals surface area contributed by atoms with Crippen LogP contribution in [0.2, 0.25) is 0 Å². The number of H-pyrrole nitrogens is 4. The summed E-state index contributed by atoms with van der Waals surface area (Å²) in [6, 6.07) is 39.9. The van der Waals surface area contributed by atoms with Crippen LogP contribution in [0.5, 0.6) is 0 Å². The molecule has 0 fully saturated rings. The number of esters is 1. The molecule has 730 valence electrons. The summed E-state index contributed by atoms with van der Waals surface area (Å²) in [6.07, 6.45) is 4.53. The number of nitrogen functional groups attached to an aromatic ring is 4. The highest BCUT2D eigenvalue weighted by Gasteiger charge is 2.33. The highest BCUT2D eigenvalue weighted by atomic mass is 31.2. The van der Waals surface area contributed by atoms with Crippen LogP contribution in [-0.4, -0.2) is 153 Å². The fourth-order valence-electron chi connectivity index (χ4n) is 12.4. The lowest BCUT2D eigenvalue weighted by molar-refractivity contribution is -0.402. The highest BCUT2D eigenvalue weighted by Crippen LogP contribution is 2.52. The first-order valence-electron chi connectivity index (χ1n) is 42.1. The number of carbonyl (C=O) groups is 1. The third-order valence-electron chi connectivity index (χ3n) is 19.4. The Morgan fingerprint density at radius 2 is 0.768 bits per heavy atom. The number of aryl methyl sites for hydroxylation is 4. The second-order valence-electron chi connectivity index (χ2n) is 30.2. The van der Waals surface area contributed by atoms with E-state index in [4.69, 9.17) is 98.1 Å². The molecule has 13 N–H and O–H groups in total.